The molecule has 0 fully saturated rings. The fraction of sp³-hybridized carbons (Fsp3) is 0.167. The molecule has 0 aliphatic carbocycles. The van der Waals surface area contributed by atoms with Crippen molar-refractivity contribution in [3.63, 3.8) is 0 Å². The Balaban J connectivity index is 3.56. The van der Waals surface area contributed by atoms with Gasteiger partial charge >= 0.3 is 0 Å². The Morgan fingerprint density at radius 1 is 1.47 bits per heavy atom. The van der Waals surface area contributed by atoms with Gasteiger partial charge < -0.3 is 0 Å². The van der Waals surface area contributed by atoms with Gasteiger partial charge in [0.05, 0.1) is 0 Å². The van der Waals surface area contributed by atoms with Crippen LogP contribution in [0.1, 0.15) is 12.1 Å². The molecule has 0 N–H and O–H groups in total. The summed E-state index contributed by atoms with van der Waals surface area (Å²) in [6, 6.07) is 0.712. The molecule has 0 saturated carbocycles. The Morgan fingerprint density at radius 2 is 2.00 bits per heavy atom. The summed E-state index contributed by atoms with van der Waals surface area (Å²) in [5, 5.41) is 0. The zero-order valence-corrected chi connectivity index (χ0v) is 9.87. The maximum Gasteiger partial charge on any atom is 0.283 e. The highest BCUT2D eigenvalue weighted by Crippen LogP contribution is 2.29. The van der Waals surface area contributed by atoms with Crippen molar-refractivity contribution in [1.82, 2.24) is 4.98 Å². The average Bonchev–Trinajstić information content (AvgIpc) is 2.06. The summed E-state index contributed by atoms with van der Waals surface area (Å²) in [5.41, 5.74) is -1.26. The van der Waals surface area contributed by atoms with Gasteiger partial charge in [0.2, 0.25) is 0 Å². The quantitative estimate of drug-likeness (QED) is 0.621. The summed E-state index contributed by atoms with van der Waals surface area (Å²) in [6.07, 6.45) is -3.22. The van der Waals surface area contributed by atoms with E-state index in [-0.39, 0.29) is 4.60 Å². The lowest BCUT2D eigenvalue weighted by Crippen LogP contribution is -2.04. The number of alkyl halides is 2. The molecule has 1 aromatic rings. The van der Waals surface area contributed by atoms with Crippen molar-refractivity contribution in [1.29, 1.82) is 0 Å². The lowest BCUT2D eigenvalue weighted by molar-refractivity contribution is 0.139. The lowest BCUT2D eigenvalue weighted by atomic mass is 10.3. The van der Waals surface area contributed by atoms with Crippen LogP contribution in [0.4, 0.5) is 13.2 Å². The number of pyridine rings is 1. The highest BCUT2D eigenvalue weighted by Gasteiger charge is 2.25. The molecule has 0 amide bonds. The van der Waals surface area contributed by atoms with E-state index in [1.807, 2.05) is 0 Å². The third-order valence-electron chi connectivity index (χ3n) is 1.39. The van der Waals surface area contributed by atoms with E-state index in [9.17, 15) is 21.6 Å². The number of rotatable bonds is 2. The summed E-state index contributed by atoms with van der Waals surface area (Å²) in [4.78, 5) is 2.09. The van der Waals surface area contributed by atoms with Gasteiger partial charge in [-0.05, 0) is 22.0 Å². The lowest BCUT2D eigenvalue weighted by Gasteiger charge is -2.05. The van der Waals surface area contributed by atoms with Crippen LogP contribution in [0, 0.1) is 5.82 Å². The first-order valence-corrected chi connectivity index (χ1v) is 6.42. The zero-order valence-electron chi connectivity index (χ0n) is 6.72. The molecule has 9 heteroatoms. The first kappa shape index (κ1) is 12.7. The SMILES string of the molecule is O=S(=O)(Cl)c1cc(Br)nc(C(F)F)c1F. The number of hydrogen-bond donors (Lipinski definition) is 0. The monoisotopic (exact) mass is 323 g/mol. The highest BCUT2D eigenvalue weighted by molar-refractivity contribution is 9.10. The first-order chi connectivity index (χ1) is 6.73. The fourth-order valence-corrected chi connectivity index (χ4v) is 2.30. The second-order valence-corrected chi connectivity index (χ2v) is 5.73. The molecule has 15 heavy (non-hydrogen) atoms. The van der Waals surface area contributed by atoms with Crippen LogP contribution in [0.3, 0.4) is 0 Å². The fourth-order valence-electron chi connectivity index (χ4n) is 0.816. The molecule has 1 aromatic heterocycles. The molecule has 0 saturated heterocycles. The molecular weight excluding hydrogens is 322 g/mol. The molecule has 0 bridgehead atoms. The zero-order chi connectivity index (χ0) is 11.8. The molecule has 0 atom stereocenters. The molecule has 0 radical (unpaired) electrons. The van der Waals surface area contributed by atoms with Gasteiger partial charge in [-0.2, -0.15) is 0 Å². The van der Waals surface area contributed by atoms with Crippen molar-refractivity contribution in [3.8, 4) is 0 Å². The van der Waals surface area contributed by atoms with Crippen LogP contribution in [0.25, 0.3) is 0 Å². The van der Waals surface area contributed by atoms with Gasteiger partial charge in [0.25, 0.3) is 15.5 Å². The van der Waals surface area contributed by atoms with E-state index in [1.165, 1.54) is 0 Å². The summed E-state index contributed by atoms with van der Waals surface area (Å²) in [6.45, 7) is 0. The van der Waals surface area contributed by atoms with Gasteiger partial charge in [-0.3, -0.25) is 0 Å². The van der Waals surface area contributed by atoms with E-state index in [2.05, 4.69) is 20.9 Å². The Morgan fingerprint density at radius 3 is 2.40 bits per heavy atom. The molecule has 1 rings (SSSR count). The minimum Gasteiger partial charge on any atom is -0.237 e. The van der Waals surface area contributed by atoms with Gasteiger partial charge in [-0.15, -0.1) is 0 Å². The summed E-state index contributed by atoms with van der Waals surface area (Å²) in [7, 11) is 0.433. The Kier molecular flexibility index (Phi) is 3.62. The van der Waals surface area contributed by atoms with Crippen molar-refractivity contribution in [2.45, 2.75) is 11.3 Å². The molecule has 0 aromatic carbocycles. The predicted octanol–water partition coefficient (Wildman–Crippen LogP) is 2.85. The molecular formula is C6H2BrClF3NO2S. The van der Waals surface area contributed by atoms with Crippen LogP contribution >= 0.6 is 26.6 Å². The topological polar surface area (TPSA) is 47.0 Å². The van der Waals surface area contributed by atoms with Crippen LogP contribution in [0.15, 0.2) is 15.6 Å². The van der Waals surface area contributed by atoms with Crippen LogP contribution in [-0.4, -0.2) is 13.4 Å². The van der Waals surface area contributed by atoms with Gasteiger partial charge in [0, 0.05) is 10.7 Å². The summed E-state index contributed by atoms with van der Waals surface area (Å²) < 4.78 is 59.0. The summed E-state index contributed by atoms with van der Waals surface area (Å²) in [5.74, 6) is -1.64. The van der Waals surface area contributed by atoms with Gasteiger partial charge in [0.1, 0.15) is 15.2 Å². The van der Waals surface area contributed by atoms with Crippen molar-refractivity contribution in [2.24, 2.45) is 0 Å². The molecule has 84 valence electrons. The van der Waals surface area contributed by atoms with Gasteiger partial charge in [-0.25, -0.2) is 26.6 Å². The van der Waals surface area contributed by atoms with Crippen LogP contribution < -0.4 is 0 Å². The Hall–Kier alpha value is -0.340. The number of aromatic nitrogens is 1. The maximum atomic E-state index is 13.2. The third-order valence-corrected chi connectivity index (χ3v) is 3.12. The smallest absolute Gasteiger partial charge is 0.237 e. The Bertz CT molecular complexity index is 493. The molecule has 1 heterocycles. The molecule has 3 nitrogen and oxygen atoms in total. The van der Waals surface area contributed by atoms with Gasteiger partial charge in [-0.1, -0.05) is 0 Å². The van der Waals surface area contributed by atoms with Crippen molar-refractivity contribution >= 4 is 35.7 Å². The minimum absolute atomic E-state index is 0.238. The second-order valence-electron chi connectivity index (χ2n) is 2.38. The van der Waals surface area contributed by atoms with Crippen molar-refractivity contribution < 1.29 is 21.6 Å². The number of nitrogens with zero attached hydrogens (tertiary/aromatic N) is 1. The van der Waals surface area contributed by atoms with Gasteiger partial charge in [0.15, 0.2) is 5.82 Å². The molecule has 0 aliphatic rings. The predicted molar refractivity (Wildman–Crippen MR) is 49.9 cm³/mol. The van der Waals surface area contributed by atoms with Crippen LogP contribution in [-0.2, 0) is 9.05 Å². The normalized spacial score (nSPS) is 12.1. The summed E-state index contributed by atoms with van der Waals surface area (Å²) >= 11 is 2.67. The maximum absolute atomic E-state index is 13.2. The molecule has 0 aliphatic heterocycles. The van der Waals surface area contributed by atoms with E-state index in [4.69, 9.17) is 10.7 Å². The minimum atomic E-state index is -4.42. The Labute approximate surface area is 95.8 Å². The molecule has 0 spiro atoms. The second kappa shape index (κ2) is 4.26. The average molecular weight is 325 g/mol. The standard InChI is InChI=1S/C6H2BrClF3NO2S/c7-3-1-2(15(8,13)14)4(9)5(12-3)6(10)11/h1,6H. The molecule has 0 unspecified atom stereocenters. The van der Waals surface area contributed by atoms with E-state index < -0.39 is 31.9 Å². The number of halogens is 5. The highest BCUT2D eigenvalue weighted by atomic mass is 79.9. The number of hydrogen-bond acceptors (Lipinski definition) is 3. The largest absolute Gasteiger partial charge is 0.283 e. The van der Waals surface area contributed by atoms with Crippen LogP contribution in [0.2, 0.25) is 0 Å². The van der Waals surface area contributed by atoms with E-state index >= 15 is 0 Å². The van der Waals surface area contributed by atoms with E-state index in [0.717, 1.165) is 0 Å². The van der Waals surface area contributed by atoms with E-state index in [1.54, 1.807) is 0 Å². The van der Waals surface area contributed by atoms with Crippen LogP contribution in [0.5, 0.6) is 0 Å². The third kappa shape index (κ3) is 2.82. The van der Waals surface area contributed by atoms with Crippen molar-refractivity contribution in [3.05, 3.63) is 22.2 Å². The first-order valence-electron chi connectivity index (χ1n) is 3.32. The van der Waals surface area contributed by atoms with Crippen molar-refractivity contribution in [2.75, 3.05) is 0 Å². The van der Waals surface area contributed by atoms with E-state index in [0.29, 0.717) is 6.07 Å².